The van der Waals surface area contributed by atoms with Crippen molar-refractivity contribution in [2.75, 3.05) is 0 Å². The summed E-state index contributed by atoms with van der Waals surface area (Å²) in [5.41, 5.74) is 4.66. The third-order valence-electron chi connectivity index (χ3n) is 3.32. The second kappa shape index (κ2) is 2.84. The third kappa shape index (κ3) is 0.886. The van der Waals surface area contributed by atoms with Crippen molar-refractivity contribution in [1.82, 2.24) is 0 Å². The highest BCUT2D eigenvalue weighted by atomic mass is 14.4. The van der Waals surface area contributed by atoms with Crippen LogP contribution in [-0.2, 0) is 0 Å². The minimum atomic E-state index is 0.594. The number of rotatable bonds is 1. The predicted molar refractivity (Wildman–Crippen MR) is 59.4 cm³/mol. The summed E-state index contributed by atoms with van der Waals surface area (Å²) < 4.78 is 0. The zero-order chi connectivity index (χ0) is 9.54. The molecule has 14 heavy (non-hydrogen) atoms. The van der Waals surface area contributed by atoms with Crippen molar-refractivity contribution in [2.45, 2.75) is 25.2 Å². The normalized spacial score (nSPS) is 26.8. The zero-order valence-electron chi connectivity index (χ0n) is 8.40. The van der Waals surface area contributed by atoms with Gasteiger partial charge in [-0.15, -0.1) is 0 Å². The molecule has 0 fully saturated rings. The van der Waals surface area contributed by atoms with Gasteiger partial charge in [-0.25, -0.2) is 0 Å². The van der Waals surface area contributed by atoms with Crippen LogP contribution in [0.4, 0.5) is 0 Å². The molecule has 0 nitrogen and oxygen atoms in total. The quantitative estimate of drug-likeness (QED) is 0.580. The van der Waals surface area contributed by atoms with Gasteiger partial charge in [-0.3, -0.25) is 0 Å². The Balaban J connectivity index is 2.16. The molecule has 0 saturated carbocycles. The third-order valence-corrected chi connectivity index (χ3v) is 3.32. The van der Waals surface area contributed by atoms with E-state index in [4.69, 9.17) is 0 Å². The molecule has 0 aliphatic heterocycles. The number of allylic oxidation sites excluding steroid dienone is 4. The fourth-order valence-electron chi connectivity index (χ4n) is 2.77. The van der Waals surface area contributed by atoms with Crippen LogP contribution in [0.25, 0.3) is 0 Å². The average molecular weight is 182 g/mol. The number of benzene rings is 1. The Bertz CT molecular complexity index is 388. The summed E-state index contributed by atoms with van der Waals surface area (Å²) in [6, 6.07) is 8.84. The maximum Gasteiger partial charge on any atom is 0.0241 e. The Morgan fingerprint density at radius 2 is 1.64 bits per heavy atom. The molecule has 0 spiro atoms. The second-order valence-electron chi connectivity index (χ2n) is 4.08. The van der Waals surface area contributed by atoms with Crippen LogP contribution in [0.3, 0.4) is 0 Å². The fourth-order valence-corrected chi connectivity index (χ4v) is 2.77. The van der Waals surface area contributed by atoms with E-state index < -0.39 is 0 Å². The van der Waals surface area contributed by atoms with Crippen LogP contribution < -0.4 is 0 Å². The van der Waals surface area contributed by atoms with Crippen molar-refractivity contribution in [1.29, 1.82) is 0 Å². The van der Waals surface area contributed by atoms with Gasteiger partial charge in [-0.2, -0.15) is 0 Å². The van der Waals surface area contributed by atoms with Crippen LogP contribution in [0, 0.1) is 0 Å². The average Bonchev–Trinajstić information content (AvgIpc) is 2.75. The summed E-state index contributed by atoms with van der Waals surface area (Å²) in [5, 5.41) is 0. The van der Waals surface area contributed by atoms with E-state index in [0.29, 0.717) is 11.8 Å². The highest BCUT2D eigenvalue weighted by Crippen LogP contribution is 2.52. The molecule has 0 saturated heterocycles. The summed E-state index contributed by atoms with van der Waals surface area (Å²) in [6.45, 7) is 2.22. The Morgan fingerprint density at radius 3 is 2.14 bits per heavy atom. The topological polar surface area (TPSA) is 0 Å². The SMILES string of the molecule is CCC=C1C2C=CC1c1ccccc12. The zero-order valence-corrected chi connectivity index (χ0v) is 8.40. The monoisotopic (exact) mass is 182 g/mol. The lowest BCUT2D eigenvalue weighted by Gasteiger charge is -2.07. The fraction of sp³-hybridized carbons (Fsp3) is 0.286. The maximum absolute atomic E-state index is 2.40. The molecule has 0 aromatic heterocycles. The molecule has 1 aromatic carbocycles. The van der Waals surface area contributed by atoms with Crippen molar-refractivity contribution < 1.29 is 0 Å². The van der Waals surface area contributed by atoms with Crippen molar-refractivity contribution in [3.05, 3.63) is 59.2 Å². The standard InChI is InChI=1S/C14H14/c1-2-5-10-13-8-9-14(10)12-7-4-3-6-11(12)13/h3-9,13-14H,2H2,1H3. The number of fused-ring (bicyclic) bond motifs is 5. The Kier molecular flexibility index (Phi) is 1.63. The molecule has 2 atom stereocenters. The van der Waals surface area contributed by atoms with E-state index in [0.717, 1.165) is 6.42 Å². The molecule has 70 valence electrons. The molecule has 2 aliphatic rings. The molecule has 2 aliphatic carbocycles. The summed E-state index contributed by atoms with van der Waals surface area (Å²) in [7, 11) is 0. The lowest BCUT2D eigenvalue weighted by molar-refractivity contribution is 1.00. The Morgan fingerprint density at radius 1 is 1.07 bits per heavy atom. The lowest BCUT2D eigenvalue weighted by atomic mass is 9.97. The molecule has 0 heterocycles. The largest absolute Gasteiger partial charge is 0.0837 e. The first-order valence-corrected chi connectivity index (χ1v) is 5.39. The summed E-state index contributed by atoms with van der Waals surface area (Å²) >= 11 is 0. The lowest BCUT2D eigenvalue weighted by Crippen LogP contribution is -1.90. The van der Waals surface area contributed by atoms with Crippen LogP contribution in [-0.4, -0.2) is 0 Å². The van der Waals surface area contributed by atoms with E-state index in [1.807, 2.05) is 0 Å². The first-order chi connectivity index (χ1) is 6.92. The van der Waals surface area contributed by atoms with Crippen molar-refractivity contribution >= 4 is 0 Å². The van der Waals surface area contributed by atoms with Crippen LogP contribution in [0.5, 0.6) is 0 Å². The van der Waals surface area contributed by atoms with E-state index in [-0.39, 0.29) is 0 Å². The number of hydrogen-bond donors (Lipinski definition) is 0. The predicted octanol–water partition coefficient (Wildman–Crippen LogP) is 3.77. The van der Waals surface area contributed by atoms with Gasteiger partial charge >= 0.3 is 0 Å². The minimum absolute atomic E-state index is 0.594. The Labute approximate surface area is 85.0 Å². The first-order valence-electron chi connectivity index (χ1n) is 5.39. The van der Waals surface area contributed by atoms with Crippen molar-refractivity contribution in [2.24, 2.45) is 0 Å². The molecule has 3 rings (SSSR count). The van der Waals surface area contributed by atoms with E-state index >= 15 is 0 Å². The van der Waals surface area contributed by atoms with E-state index in [9.17, 15) is 0 Å². The van der Waals surface area contributed by atoms with Crippen LogP contribution in [0.15, 0.2) is 48.1 Å². The van der Waals surface area contributed by atoms with Crippen molar-refractivity contribution in [3.8, 4) is 0 Å². The molecule has 0 N–H and O–H groups in total. The van der Waals surface area contributed by atoms with Gasteiger partial charge in [-0.05, 0) is 17.5 Å². The molecule has 2 unspecified atom stereocenters. The minimum Gasteiger partial charge on any atom is -0.0837 e. The van der Waals surface area contributed by atoms with Gasteiger partial charge in [0.2, 0.25) is 0 Å². The molecule has 2 bridgehead atoms. The number of hydrogen-bond acceptors (Lipinski definition) is 0. The van der Waals surface area contributed by atoms with E-state index in [1.165, 1.54) is 11.1 Å². The Hall–Kier alpha value is -1.30. The highest BCUT2D eigenvalue weighted by Gasteiger charge is 2.36. The summed E-state index contributed by atoms with van der Waals surface area (Å²) in [4.78, 5) is 0. The van der Waals surface area contributed by atoms with Crippen LogP contribution in [0.2, 0.25) is 0 Å². The van der Waals surface area contributed by atoms with Gasteiger partial charge < -0.3 is 0 Å². The first kappa shape index (κ1) is 8.05. The molecule has 1 aromatic rings. The van der Waals surface area contributed by atoms with E-state index in [1.54, 1.807) is 5.57 Å². The smallest absolute Gasteiger partial charge is 0.0241 e. The van der Waals surface area contributed by atoms with Crippen LogP contribution >= 0.6 is 0 Å². The van der Waals surface area contributed by atoms with Gasteiger partial charge in [0.25, 0.3) is 0 Å². The second-order valence-corrected chi connectivity index (χ2v) is 4.08. The van der Waals surface area contributed by atoms with E-state index in [2.05, 4.69) is 49.4 Å². The van der Waals surface area contributed by atoms with Gasteiger partial charge in [0, 0.05) is 11.8 Å². The summed E-state index contributed by atoms with van der Waals surface area (Å²) in [5.74, 6) is 1.19. The molecule has 0 amide bonds. The van der Waals surface area contributed by atoms with Gasteiger partial charge in [-0.1, -0.05) is 55.0 Å². The van der Waals surface area contributed by atoms with Gasteiger partial charge in [0.1, 0.15) is 0 Å². The molecule has 0 radical (unpaired) electrons. The van der Waals surface area contributed by atoms with Crippen LogP contribution in [0.1, 0.15) is 36.3 Å². The van der Waals surface area contributed by atoms with Gasteiger partial charge in [0.05, 0.1) is 0 Å². The molecule has 0 heteroatoms. The maximum atomic E-state index is 2.40. The molecular formula is C14H14. The van der Waals surface area contributed by atoms with Crippen molar-refractivity contribution in [3.63, 3.8) is 0 Å². The van der Waals surface area contributed by atoms with Gasteiger partial charge in [0.15, 0.2) is 0 Å². The molecular weight excluding hydrogens is 168 g/mol. The highest BCUT2D eigenvalue weighted by molar-refractivity contribution is 5.59. The summed E-state index contributed by atoms with van der Waals surface area (Å²) in [6.07, 6.45) is 8.26.